The van der Waals surface area contributed by atoms with Crippen LogP contribution in [-0.2, 0) is 12.1 Å². The summed E-state index contributed by atoms with van der Waals surface area (Å²) in [6.07, 6.45) is -2.65. The highest BCUT2D eigenvalue weighted by Gasteiger charge is 2.55. The zero-order chi connectivity index (χ0) is 20.0. The summed E-state index contributed by atoms with van der Waals surface area (Å²) in [6, 6.07) is 3.42. The molecule has 8 nitrogen and oxygen atoms in total. The van der Waals surface area contributed by atoms with Gasteiger partial charge in [0.2, 0.25) is 5.60 Å². The third-order valence-electron chi connectivity index (χ3n) is 4.45. The number of hydrogen-bond acceptors (Lipinski definition) is 5. The van der Waals surface area contributed by atoms with Gasteiger partial charge in [0.05, 0.1) is 12.7 Å². The molecule has 12 heteroatoms. The van der Waals surface area contributed by atoms with Crippen LogP contribution >= 0.6 is 0 Å². The number of fused-ring (bicyclic) bond motifs is 1. The van der Waals surface area contributed by atoms with E-state index in [-0.39, 0.29) is 12.2 Å². The van der Waals surface area contributed by atoms with E-state index in [1.807, 2.05) is 0 Å². The number of nitrogens with two attached hydrogens (primary N) is 1. The highest BCUT2D eigenvalue weighted by molar-refractivity contribution is 6.35. The smallest absolute Gasteiger partial charge is 0.375 e. The summed E-state index contributed by atoms with van der Waals surface area (Å²) in [5.74, 6) is -0.614. The summed E-state index contributed by atoms with van der Waals surface area (Å²) in [4.78, 5) is 15.6. The van der Waals surface area contributed by atoms with Gasteiger partial charge in [-0.25, -0.2) is 9.67 Å². The van der Waals surface area contributed by atoms with E-state index in [1.54, 1.807) is 22.7 Å². The molecule has 1 amide bonds. The Bertz CT molecular complexity index is 1010. The first kappa shape index (κ1) is 19.3. The molecule has 3 heterocycles. The molecule has 0 aliphatic heterocycles. The van der Waals surface area contributed by atoms with Crippen LogP contribution in [0.4, 0.5) is 13.2 Å². The van der Waals surface area contributed by atoms with Crippen LogP contribution in [0.5, 0.6) is 0 Å². The minimum absolute atomic E-state index is 0.121. The van der Waals surface area contributed by atoms with Crippen molar-refractivity contribution in [3.63, 3.8) is 0 Å². The zero-order valence-corrected chi connectivity index (χ0v) is 16.5. The number of pyridine rings is 1. The molecule has 3 N–H and O–H groups in total. The van der Waals surface area contributed by atoms with Crippen molar-refractivity contribution in [1.82, 2.24) is 24.4 Å². The van der Waals surface area contributed by atoms with E-state index in [9.17, 15) is 23.1 Å². The van der Waals surface area contributed by atoms with E-state index < -0.39 is 29.8 Å². The van der Waals surface area contributed by atoms with Gasteiger partial charge in [0.1, 0.15) is 17.0 Å². The molecular formula is C15H16AlF3N6O2. The molecule has 0 spiro atoms. The number of primary amides is 1. The molecule has 1 atom stereocenters. The van der Waals surface area contributed by atoms with Crippen LogP contribution in [0.15, 0.2) is 24.5 Å². The molecule has 0 radical (unpaired) electrons. The van der Waals surface area contributed by atoms with Gasteiger partial charge in [-0.15, -0.1) is 5.10 Å². The number of aliphatic hydroxyl groups is 1. The molecule has 0 aliphatic rings. The van der Waals surface area contributed by atoms with E-state index in [2.05, 4.69) is 15.3 Å². The van der Waals surface area contributed by atoms with Crippen molar-refractivity contribution < 1.29 is 23.1 Å². The van der Waals surface area contributed by atoms with Gasteiger partial charge in [0.15, 0.2) is 0 Å². The first-order chi connectivity index (χ1) is 12.6. The Labute approximate surface area is 159 Å². The Hall–Kier alpha value is -2.42. The van der Waals surface area contributed by atoms with Crippen molar-refractivity contribution in [1.29, 1.82) is 0 Å². The number of carbonyl (C=O) groups excluding carboxylic acids is 1. The zero-order valence-electron chi connectivity index (χ0n) is 14.5. The van der Waals surface area contributed by atoms with Gasteiger partial charge in [-0.1, -0.05) is 12.1 Å². The maximum Gasteiger partial charge on any atom is 0.423 e. The quantitative estimate of drug-likeness (QED) is 0.565. The number of alkyl halides is 3. The summed E-state index contributed by atoms with van der Waals surface area (Å²) in [5.41, 5.74) is 3.10. The fourth-order valence-electron chi connectivity index (χ4n) is 2.82. The fraction of sp³-hybridized carbons (Fsp3) is 0.333. The second kappa shape index (κ2) is 6.63. The largest absolute Gasteiger partial charge is 0.423 e. The summed E-state index contributed by atoms with van der Waals surface area (Å²) in [5, 5.41) is 17.1. The Kier molecular flexibility index (Phi) is 4.75. The summed E-state index contributed by atoms with van der Waals surface area (Å²) in [7, 11) is 0. The Morgan fingerprint density at radius 3 is 2.70 bits per heavy atom. The van der Waals surface area contributed by atoms with Crippen LogP contribution < -0.4 is 10.3 Å². The third-order valence-corrected chi connectivity index (χ3v) is 5.41. The molecular weight excluding hydrogens is 380 g/mol. The molecule has 3 aromatic rings. The van der Waals surface area contributed by atoms with Gasteiger partial charge >= 0.3 is 6.18 Å². The standard InChI is InChI=1S/C15H14F3N6O2.Al.2H/c1-2-14(26,15(16,17)18)11-8-24(22-21-11)6-9-3-4-23-7-10(13(19)25)20-12(23)5-9;;;/h3-5,8,26H,2,6H2,1H3,(H2,19,25);;;. The molecule has 0 fully saturated rings. The van der Waals surface area contributed by atoms with Crippen molar-refractivity contribution in [2.24, 2.45) is 5.73 Å². The fourth-order valence-corrected chi connectivity index (χ4v) is 3.56. The first-order valence-corrected chi connectivity index (χ1v) is 9.04. The Balaban J connectivity index is 1.90. The molecule has 0 aromatic carbocycles. The maximum atomic E-state index is 13.1. The highest BCUT2D eigenvalue weighted by atomic mass is 27.0. The molecule has 0 aliphatic carbocycles. The van der Waals surface area contributed by atoms with Crippen LogP contribution in [0.3, 0.4) is 0 Å². The van der Waals surface area contributed by atoms with Crippen molar-refractivity contribution in [2.75, 3.05) is 0 Å². The van der Waals surface area contributed by atoms with Crippen molar-refractivity contribution in [3.05, 3.63) is 41.5 Å². The number of halogens is 3. The second-order valence-corrected chi connectivity index (χ2v) is 7.13. The topological polar surface area (TPSA) is 111 Å². The maximum absolute atomic E-state index is 13.1. The van der Waals surface area contributed by atoms with Gasteiger partial charge in [-0.05, 0) is 28.7 Å². The number of hydrogen-bond donors (Lipinski definition) is 2. The summed E-state index contributed by atoms with van der Waals surface area (Å²) in [6.45, 7) is 1.34. The predicted octanol–water partition coefficient (Wildman–Crippen LogP) is -0.509. The predicted molar refractivity (Wildman–Crippen MR) is 91.3 cm³/mol. The summed E-state index contributed by atoms with van der Waals surface area (Å²) < 4.78 is 43.1. The molecule has 3 aromatic heterocycles. The average molecular weight is 396 g/mol. The van der Waals surface area contributed by atoms with Gasteiger partial charge in [0, 0.05) is 6.20 Å². The normalized spacial score (nSPS) is 14.4. The minimum atomic E-state index is -4.86. The van der Waals surface area contributed by atoms with Crippen LogP contribution in [-0.4, -0.2) is 57.9 Å². The number of amides is 1. The van der Waals surface area contributed by atoms with Crippen molar-refractivity contribution in [2.45, 2.75) is 31.7 Å². The number of nitrogens with zero attached hydrogens (tertiary/aromatic N) is 5. The van der Waals surface area contributed by atoms with Gasteiger partial charge in [-0.2, -0.15) is 13.2 Å². The number of rotatable bonds is 5. The number of carbonyl (C=O) groups is 1. The van der Waals surface area contributed by atoms with Gasteiger partial charge in [0.25, 0.3) is 22.2 Å². The van der Waals surface area contributed by atoms with Gasteiger partial charge < -0.3 is 15.2 Å². The third kappa shape index (κ3) is 3.31. The van der Waals surface area contributed by atoms with Crippen molar-refractivity contribution >= 4 is 32.4 Å². The summed E-state index contributed by atoms with van der Waals surface area (Å²) >= 11 is 0.565. The van der Waals surface area contributed by atoms with Crippen LogP contribution in [0, 0.1) is 0 Å². The molecule has 0 saturated heterocycles. The van der Waals surface area contributed by atoms with Crippen LogP contribution in [0.25, 0.3) is 5.65 Å². The lowest BCUT2D eigenvalue weighted by molar-refractivity contribution is -0.269. The van der Waals surface area contributed by atoms with Crippen molar-refractivity contribution in [3.8, 4) is 0 Å². The van der Waals surface area contributed by atoms with E-state index in [0.717, 1.165) is 10.8 Å². The lowest BCUT2D eigenvalue weighted by Crippen LogP contribution is -2.42. The number of aromatic nitrogens is 5. The number of imidazole rings is 1. The Morgan fingerprint density at radius 1 is 1.41 bits per heavy atom. The monoisotopic (exact) mass is 396 g/mol. The van der Waals surface area contributed by atoms with Crippen LogP contribution in [0.1, 0.15) is 35.1 Å². The van der Waals surface area contributed by atoms with E-state index >= 15 is 0 Å². The van der Waals surface area contributed by atoms with Gasteiger partial charge in [-0.3, -0.25) is 4.79 Å². The minimum Gasteiger partial charge on any atom is -0.375 e. The molecule has 0 bridgehead atoms. The van der Waals surface area contributed by atoms with E-state index in [0.29, 0.717) is 27.5 Å². The van der Waals surface area contributed by atoms with E-state index in [1.165, 1.54) is 11.6 Å². The SMILES string of the molecule is CCC(O)(c1cn(Cc2ccn3[c]([AlH2])c(C(N)=O)nc3c2)nn1)C(F)(F)F. The lowest BCUT2D eigenvalue weighted by atomic mass is 9.96. The average Bonchev–Trinajstić information content (AvgIpc) is 3.18. The molecule has 27 heavy (non-hydrogen) atoms. The molecule has 1 unspecified atom stereocenters. The molecule has 0 saturated carbocycles. The molecule has 3 rings (SSSR count). The lowest BCUT2D eigenvalue weighted by Gasteiger charge is -2.26. The van der Waals surface area contributed by atoms with Crippen LogP contribution in [0.2, 0.25) is 0 Å². The molecule has 142 valence electrons. The second-order valence-electron chi connectivity index (χ2n) is 6.19. The van der Waals surface area contributed by atoms with E-state index in [4.69, 9.17) is 5.73 Å². The Morgan fingerprint density at radius 2 is 2.11 bits per heavy atom. The highest BCUT2D eigenvalue weighted by Crippen LogP contribution is 2.40. The first-order valence-electron chi connectivity index (χ1n) is 8.04.